The fourth-order valence-electron chi connectivity index (χ4n) is 2.22. The monoisotopic (exact) mass is 235 g/mol. The molecule has 1 fully saturated rings. The highest BCUT2D eigenvalue weighted by atomic mass is 16.2. The predicted octanol–water partition coefficient (Wildman–Crippen LogP) is 0.232. The molecule has 0 spiro atoms. The summed E-state index contributed by atoms with van der Waals surface area (Å²) in [5, 5.41) is 2.81. The quantitative estimate of drug-likeness (QED) is 0.701. The summed E-state index contributed by atoms with van der Waals surface area (Å²) in [5.41, 5.74) is 5.95. The van der Waals surface area contributed by atoms with Crippen LogP contribution in [0, 0.1) is 5.92 Å². The van der Waals surface area contributed by atoms with E-state index in [1.807, 2.05) is 0 Å². The van der Waals surface area contributed by atoms with Crippen LogP contribution in [0.25, 0.3) is 0 Å². The zero-order valence-electron chi connectivity index (χ0n) is 9.61. The first-order valence-electron chi connectivity index (χ1n) is 5.90. The lowest BCUT2D eigenvalue weighted by Gasteiger charge is -2.15. The van der Waals surface area contributed by atoms with Gasteiger partial charge < -0.3 is 16.0 Å². The number of aromatic amines is 1. The first kappa shape index (κ1) is 11.9. The maximum absolute atomic E-state index is 11.7. The molecule has 1 aliphatic rings. The maximum atomic E-state index is 11.7. The van der Waals surface area contributed by atoms with Crippen LogP contribution in [-0.2, 0) is 0 Å². The molecule has 0 aliphatic heterocycles. The summed E-state index contributed by atoms with van der Waals surface area (Å²) in [6.07, 6.45) is 3.22. The van der Waals surface area contributed by atoms with Gasteiger partial charge >= 0.3 is 0 Å². The zero-order valence-corrected chi connectivity index (χ0v) is 9.61. The molecule has 1 amide bonds. The van der Waals surface area contributed by atoms with Gasteiger partial charge in [-0.25, -0.2) is 0 Å². The van der Waals surface area contributed by atoms with Crippen molar-refractivity contribution in [2.75, 3.05) is 6.54 Å². The van der Waals surface area contributed by atoms with Gasteiger partial charge in [-0.15, -0.1) is 0 Å². The second-order valence-corrected chi connectivity index (χ2v) is 4.49. The summed E-state index contributed by atoms with van der Waals surface area (Å²) in [6.45, 7) is 0.580. The van der Waals surface area contributed by atoms with Crippen molar-refractivity contribution in [1.29, 1.82) is 0 Å². The standard InChI is InChI=1S/C12H17N3O2/c13-9-4-1-3-8(9)7-14-12(17)10-5-2-6-11(16)15-10/h2,5-6,8-9H,1,3-4,7,13H2,(H,14,17)(H,15,16). The molecule has 1 saturated carbocycles. The van der Waals surface area contributed by atoms with E-state index in [0.717, 1.165) is 19.3 Å². The number of nitrogens with one attached hydrogen (secondary N) is 2. The highest BCUT2D eigenvalue weighted by Crippen LogP contribution is 2.22. The molecule has 2 atom stereocenters. The summed E-state index contributed by atoms with van der Waals surface area (Å²) in [5.74, 6) is 0.108. The van der Waals surface area contributed by atoms with Crippen LogP contribution >= 0.6 is 0 Å². The third-order valence-corrected chi connectivity index (χ3v) is 3.26. The Bertz CT molecular complexity index is 455. The Morgan fingerprint density at radius 1 is 1.47 bits per heavy atom. The minimum Gasteiger partial charge on any atom is -0.350 e. The SMILES string of the molecule is NC1CCCC1CNC(=O)c1cccc(=O)[nH]1. The largest absolute Gasteiger partial charge is 0.350 e. The van der Waals surface area contributed by atoms with Crippen LogP contribution in [0.4, 0.5) is 0 Å². The van der Waals surface area contributed by atoms with Crippen LogP contribution in [0.1, 0.15) is 29.8 Å². The van der Waals surface area contributed by atoms with Crippen molar-refractivity contribution in [2.45, 2.75) is 25.3 Å². The Balaban J connectivity index is 1.91. The lowest BCUT2D eigenvalue weighted by Crippen LogP contribution is -2.36. The smallest absolute Gasteiger partial charge is 0.267 e. The van der Waals surface area contributed by atoms with E-state index >= 15 is 0 Å². The Labute approximate surface area is 99.4 Å². The molecule has 2 rings (SSSR count). The van der Waals surface area contributed by atoms with Crippen molar-refractivity contribution >= 4 is 5.91 Å². The Hall–Kier alpha value is -1.62. The zero-order chi connectivity index (χ0) is 12.3. The van der Waals surface area contributed by atoms with Gasteiger partial charge in [0.25, 0.3) is 5.91 Å². The van der Waals surface area contributed by atoms with Crippen LogP contribution < -0.4 is 16.6 Å². The number of H-pyrrole nitrogens is 1. The molecule has 0 aromatic carbocycles. The molecule has 1 aromatic heterocycles. The van der Waals surface area contributed by atoms with E-state index in [9.17, 15) is 9.59 Å². The molecule has 92 valence electrons. The molecule has 0 bridgehead atoms. The number of carbonyl (C=O) groups excluding carboxylic acids is 1. The highest BCUT2D eigenvalue weighted by molar-refractivity contribution is 5.92. The summed E-state index contributed by atoms with van der Waals surface area (Å²) in [6, 6.07) is 4.72. The summed E-state index contributed by atoms with van der Waals surface area (Å²) in [7, 11) is 0. The van der Waals surface area contributed by atoms with Gasteiger partial charge in [-0.05, 0) is 24.8 Å². The van der Waals surface area contributed by atoms with Crippen molar-refractivity contribution in [2.24, 2.45) is 11.7 Å². The molecule has 0 saturated heterocycles. The first-order chi connectivity index (χ1) is 8.16. The van der Waals surface area contributed by atoms with Crippen LogP contribution in [0.15, 0.2) is 23.0 Å². The Morgan fingerprint density at radius 3 is 2.94 bits per heavy atom. The van der Waals surface area contributed by atoms with Gasteiger partial charge in [0.05, 0.1) is 0 Å². The molecule has 5 heteroatoms. The van der Waals surface area contributed by atoms with Crippen molar-refractivity contribution in [3.05, 3.63) is 34.2 Å². The molecule has 1 heterocycles. The minimum atomic E-state index is -0.268. The molecule has 1 aromatic rings. The molecule has 2 unspecified atom stereocenters. The normalized spacial score (nSPS) is 23.6. The Morgan fingerprint density at radius 2 is 2.29 bits per heavy atom. The topological polar surface area (TPSA) is 88.0 Å². The van der Waals surface area contributed by atoms with Gasteiger partial charge in [0, 0.05) is 18.7 Å². The molecule has 0 radical (unpaired) electrons. The second kappa shape index (κ2) is 5.14. The van der Waals surface area contributed by atoms with Gasteiger partial charge in [-0.1, -0.05) is 12.5 Å². The fraction of sp³-hybridized carbons (Fsp3) is 0.500. The molecule has 1 aliphatic carbocycles. The number of rotatable bonds is 3. The molecular formula is C12H17N3O2. The predicted molar refractivity (Wildman–Crippen MR) is 64.7 cm³/mol. The van der Waals surface area contributed by atoms with E-state index in [0.29, 0.717) is 18.2 Å². The average molecular weight is 235 g/mol. The third kappa shape index (κ3) is 2.94. The fourth-order valence-corrected chi connectivity index (χ4v) is 2.22. The number of nitrogens with two attached hydrogens (primary N) is 1. The van der Waals surface area contributed by atoms with E-state index in [1.165, 1.54) is 6.07 Å². The van der Waals surface area contributed by atoms with Crippen LogP contribution in [0.2, 0.25) is 0 Å². The number of aromatic nitrogens is 1. The van der Waals surface area contributed by atoms with E-state index in [-0.39, 0.29) is 17.5 Å². The number of hydrogen-bond donors (Lipinski definition) is 3. The number of pyridine rings is 1. The van der Waals surface area contributed by atoms with Gasteiger partial charge in [0.15, 0.2) is 0 Å². The van der Waals surface area contributed by atoms with E-state index in [2.05, 4.69) is 10.3 Å². The van der Waals surface area contributed by atoms with Gasteiger partial charge in [-0.2, -0.15) is 0 Å². The number of carbonyl (C=O) groups is 1. The highest BCUT2D eigenvalue weighted by Gasteiger charge is 2.24. The molecule has 5 nitrogen and oxygen atoms in total. The first-order valence-corrected chi connectivity index (χ1v) is 5.90. The van der Waals surface area contributed by atoms with Gasteiger partial charge in [-0.3, -0.25) is 9.59 Å². The van der Waals surface area contributed by atoms with Crippen LogP contribution in [-0.4, -0.2) is 23.5 Å². The maximum Gasteiger partial charge on any atom is 0.267 e. The van der Waals surface area contributed by atoms with Crippen molar-refractivity contribution in [3.63, 3.8) is 0 Å². The van der Waals surface area contributed by atoms with E-state index < -0.39 is 0 Å². The summed E-state index contributed by atoms with van der Waals surface area (Å²) >= 11 is 0. The van der Waals surface area contributed by atoms with E-state index in [4.69, 9.17) is 5.73 Å². The number of hydrogen-bond acceptors (Lipinski definition) is 3. The Kier molecular flexibility index (Phi) is 3.58. The van der Waals surface area contributed by atoms with Crippen molar-refractivity contribution < 1.29 is 4.79 Å². The van der Waals surface area contributed by atoms with Crippen LogP contribution in [0.3, 0.4) is 0 Å². The third-order valence-electron chi connectivity index (χ3n) is 3.26. The second-order valence-electron chi connectivity index (χ2n) is 4.49. The molecule has 17 heavy (non-hydrogen) atoms. The van der Waals surface area contributed by atoms with Crippen molar-refractivity contribution in [1.82, 2.24) is 10.3 Å². The van der Waals surface area contributed by atoms with Crippen molar-refractivity contribution in [3.8, 4) is 0 Å². The van der Waals surface area contributed by atoms with Crippen LogP contribution in [0.5, 0.6) is 0 Å². The lowest BCUT2D eigenvalue weighted by atomic mass is 10.0. The number of amides is 1. The van der Waals surface area contributed by atoms with E-state index in [1.54, 1.807) is 12.1 Å². The van der Waals surface area contributed by atoms with Gasteiger partial charge in [0.2, 0.25) is 5.56 Å². The average Bonchev–Trinajstić information content (AvgIpc) is 2.72. The minimum absolute atomic E-state index is 0.185. The lowest BCUT2D eigenvalue weighted by molar-refractivity contribution is 0.0941. The summed E-state index contributed by atoms with van der Waals surface area (Å²) < 4.78 is 0. The summed E-state index contributed by atoms with van der Waals surface area (Å²) in [4.78, 5) is 25.3. The van der Waals surface area contributed by atoms with Gasteiger partial charge in [0.1, 0.15) is 5.69 Å². The molecule has 4 N–H and O–H groups in total. The molecular weight excluding hydrogens is 218 g/mol.